The highest BCUT2D eigenvalue weighted by atomic mass is 32.1. The summed E-state index contributed by atoms with van der Waals surface area (Å²) in [4.78, 5) is 16.9. The second-order valence-electron chi connectivity index (χ2n) is 7.95. The normalized spacial score (nSPS) is 19.7. The lowest BCUT2D eigenvalue weighted by atomic mass is 9.72. The first-order valence-electron chi connectivity index (χ1n) is 10.1. The van der Waals surface area contributed by atoms with Crippen molar-refractivity contribution in [1.29, 1.82) is 0 Å². The number of piperidine rings is 2. The van der Waals surface area contributed by atoms with Gasteiger partial charge in [0, 0.05) is 39.0 Å². The lowest BCUT2D eigenvalue weighted by Crippen LogP contribution is -2.51. The number of amides is 1. The van der Waals surface area contributed by atoms with Crippen molar-refractivity contribution in [2.75, 3.05) is 24.5 Å². The summed E-state index contributed by atoms with van der Waals surface area (Å²) < 4.78 is 0. The smallest absolute Gasteiger partial charge is 0.222 e. The molecule has 6 heteroatoms. The Labute approximate surface area is 165 Å². The van der Waals surface area contributed by atoms with Crippen LogP contribution in [0.4, 0.5) is 5.13 Å². The number of benzene rings is 1. The van der Waals surface area contributed by atoms with Gasteiger partial charge in [0.25, 0.3) is 0 Å². The molecule has 3 heterocycles. The third-order valence-electron chi connectivity index (χ3n) is 5.98. The number of aromatic nitrogens is 2. The number of hydrogen-bond donors (Lipinski definition) is 0. The van der Waals surface area contributed by atoms with Crippen molar-refractivity contribution in [3.8, 4) is 0 Å². The van der Waals surface area contributed by atoms with Crippen LogP contribution in [0.5, 0.6) is 0 Å². The summed E-state index contributed by atoms with van der Waals surface area (Å²) in [7, 11) is 0. The molecule has 2 saturated heterocycles. The monoisotopic (exact) mass is 384 g/mol. The highest BCUT2D eigenvalue weighted by molar-refractivity contribution is 7.15. The molecule has 2 aliphatic heterocycles. The molecule has 1 aromatic carbocycles. The second kappa shape index (κ2) is 7.97. The van der Waals surface area contributed by atoms with Crippen LogP contribution in [0.3, 0.4) is 0 Å². The third kappa shape index (κ3) is 4.15. The van der Waals surface area contributed by atoms with Crippen molar-refractivity contribution in [3.63, 3.8) is 0 Å². The van der Waals surface area contributed by atoms with Gasteiger partial charge in [-0.05, 0) is 36.7 Å². The highest BCUT2D eigenvalue weighted by Crippen LogP contribution is 2.41. The highest BCUT2D eigenvalue weighted by Gasteiger charge is 2.41. The van der Waals surface area contributed by atoms with Crippen LogP contribution in [-0.4, -0.2) is 40.6 Å². The fourth-order valence-corrected chi connectivity index (χ4v) is 5.31. The molecule has 1 aromatic heterocycles. The minimum absolute atomic E-state index is 0.274. The molecule has 0 unspecified atom stereocenters. The summed E-state index contributed by atoms with van der Waals surface area (Å²) in [6, 6.07) is 10.3. The number of likely N-dealkylation sites (tertiary alicyclic amines) is 1. The maximum absolute atomic E-state index is 12.5. The van der Waals surface area contributed by atoms with Gasteiger partial charge in [-0.25, -0.2) is 0 Å². The summed E-state index contributed by atoms with van der Waals surface area (Å²) in [5, 5.41) is 10.9. The molecule has 0 N–H and O–H groups in total. The maximum Gasteiger partial charge on any atom is 0.222 e. The standard InChI is InChI=1S/C21H28N4OS/c1-2-6-18-22-23-20(27-18)24-13-11-21(12-14-24)10-9-19(26)25(16-21)15-17-7-4-3-5-8-17/h3-5,7-8H,2,6,9-16H2,1H3. The SMILES string of the molecule is CCCc1nnc(N2CCC3(CCC(=O)N(Cc4ccccc4)C3)CC2)s1. The Hall–Kier alpha value is -1.95. The van der Waals surface area contributed by atoms with Crippen LogP contribution in [0.25, 0.3) is 0 Å². The molecule has 4 rings (SSSR count). The molecule has 2 fully saturated rings. The van der Waals surface area contributed by atoms with Crippen molar-refractivity contribution in [2.45, 2.75) is 52.0 Å². The van der Waals surface area contributed by atoms with E-state index in [0.717, 1.165) is 68.4 Å². The van der Waals surface area contributed by atoms with Gasteiger partial charge in [0.05, 0.1) is 0 Å². The molecule has 144 valence electrons. The van der Waals surface area contributed by atoms with Crippen molar-refractivity contribution in [3.05, 3.63) is 40.9 Å². The van der Waals surface area contributed by atoms with E-state index in [9.17, 15) is 4.79 Å². The van der Waals surface area contributed by atoms with Gasteiger partial charge in [-0.15, -0.1) is 10.2 Å². The molecular weight excluding hydrogens is 356 g/mol. The Bertz CT molecular complexity index is 767. The van der Waals surface area contributed by atoms with E-state index in [0.29, 0.717) is 12.3 Å². The molecule has 0 bridgehead atoms. The maximum atomic E-state index is 12.5. The van der Waals surface area contributed by atoms with Crippen molar-refractivity contribution in [1.82, 2.24) is 15.1 Å². The van der Waals surface area contributed by atoms with Crippen LogP contribution in [0.2, 0.25) is 0 Å². The molecule has 0 saturated carbocycles. The summed E-state index contributed by atoms with van der Waals surface area (Å²) in [5.41, 5.74) is 1.49. The van der Waals surface area contributed by atoms with Gasteiger partial charge in [-0.3, -0.25) is 4.79 Å². The molecule has 1 spiro atoms. The van der Waals surface area contributed by atoms with Gasteiger partial charge >= 0.3 is 0 Å². The van der Waals surface area contributed by atoms with E-state index in [-0.39, 0.29) is 5.41 Å². The topological polar surface area (TPSA) is 49.3 Å². The quantitative estimate of drug-likeness (QED) is 0.784. The molecular formula is C21H28N4OS. The predicted octanol–water partition coefficient (Wildman–Crippen LogP) is 3.90. The fraction of sp³-hybridized carbons (Fsp3) is 0.571. The number of rotatable bonds is 5. The minimum atomic E-state index is 0.274. The third-order valence-corrected chi connectivity index (χ3v) is 7.02. The Morgan fingerprint density at radius 2 is 1.89 bits per heavy atom. The predicted molar refractivity (Wildman–Crippen MR) is 109 cm³/mol. The van der Waals surface area contributed by atoms with Crippen LogP contribution >= 0.6 is 11.3 Å². The van der Waals surface area contributed by atoms with Gasteiger partial charge in [-0.2, -0.15) is 0 Å². The average molecular weight is 385 g/mol. The first-order chi connectivity index (χ1) is 13.2. The van der Waals surface area contributed by atoms with E-state index >= 15 is 0 Å². The number of nitrogens with zero attached hydrogens (tertiary/aromatic N) is 4. The van der Waals surface area contributed by atoms with Crippen molar-refractivity contribution in [2.24, 2.45) is 5.41 Å². The molecule has 2 aliphatic rings. The molecule has 1 amide bonds. The lowest BCUT2D eigenvalue weighted by molar-refractivity contribution is -0.139. The second-order valence-corrected chi connectivity index (χ2v) is 8.99. The number of anilines is 1. The zero-order chi connectivity index (χ0) is 18.7. The Balaban J connectivity index is 1.38. The number of hydrogen-bond acceptors (Lipinski definition) is 5. The van der Waals surface area contributed by atoms with Gasteiger partial charge in [-0.1, -0.05) is 48.6 Å². The molecule has 5 nitrogen and oxygen atoms in total. The zero-order valence-electron chi connectivity index (χ0n) is 16.1. The fourth-order valence-electron chi connectivity index (χ4n) is 4.32. The average Bonchev–Trinajstić information content (AvgIpc) is 3.15. The molecule has 0 atom stereocenters. The first-order valence-corrected chi connectivity index (χ1v) is 10.9. The number of carbonyl (C=O) groups is 1. The number of carbonyl (C=O) groups excluding carboxylic acids is 1. The lowest BCUT2D eigenvalue weighted by Gasteiger charge is -2.47. The Morgan fingerprint density at radius 3 is 2.63 bits per heavy atom. The van der Waals surface area contributed by atoms with E-state index in [1.54, 1.807) is 11.3 Å². The minimum Gasteiger partial charge on any atom is -0.347 e. The first kappa shape index (κ1) is 18.4. The summed E-state index contributed by atoms with van der Waals surface area (Å²) in [6.07, 6.45) is 6.12. The van der Waals surface area contributed by atoms with Crippen LogP contribution in [0, 0.1) is 5.41 Å². The van der Waals surface area contributed by atoms with Gasteiger partial charge < -0.3 is 9.80 Å². The zero-order valence-corrected chi connectivity index (χ0v) is 16.9. The van der Waals surface area contributed by atoms with E-state index < -0.39 is 0 Å². The van der Waals surface area contributed by atoms with Crippen LogP contribution < -0.4 is 4.90 Å². The van der Waals surface area contributed by atoms with Crippen LogP contribution in [-0.2, 0) is 17.8 Å². The largest absolute Gasteiger partial charge is 0.347 e. The molecule has 0 radical (unpaired) electrons. The Kier molecular flexibility index (Phi) is 5.43. The van der Waals surface area contributed by atoms with Gasteiger partial charge in [0.1, 0.15) is 5.01 Å². The van der Waals surface area contributed by atoms with Crippen LogP contribution in [0.1, 0.15) is 49.6 Å². The van der Waals surface area contributed by atoms with Gasteiger partial charge in [0.15, 0.2) is 0 Å². The summed E-state index contributed by atoms with van der Waals surface area (Å²) in [5.74, 6) is 0.306. The van der Waals surface area contributed by atoms with E-state index in [2.05, 4.69) is 39.1 Å². The molecule has 27 heavy (non-hydrogen) atoms. The van der Waals surface area contributed by atoms with E-state index in [1.165, 1.54) is 5.56 Å². The van der Waals surface area contributed by atoms with E-state index in [4.69, 9.17) is 0 Å². The molecule has 2 aromatic rings. The van der Waals surface area contributed by atoms with E-state index in [1.807, 2.05) is 18.2 Å². The van der Waals surface area contributed by atoms with Crippen molar-refractivity contribution >= 4 is 22.4 Å². The molecule has 0 aliphatic carbocycles. The van der Waals surface area contributed by atoms with Gasteiger partial charge in [0.2, 0.25) is 11.0 Å². The summed E-state index contributed by atoms with van der Waals surface area (Å²) >= 11 is 1.74. The van der Waals surface area contributed by atoms with Crippen LogP contribution in [0.15, 0.2) is 30.3 Å². The number of aryl methyl sites for hydroxylation is 1. The Morgan fingerprint density at radius 1 is 1.11 bits per heavy atom. The van der Waals surface area contributed by atoms with Crippen molar-refractivity contribution < 1.29 is 4.79 Å². The summed E-state index contributed by atoms with van der Waals surface area (Å²) in [6.45, 7) is 5.85.